The van der Waals surface area contributed by atoms with E-state index in [1.165, 1.54) is 0 Å². The molecule has 2 aromatic rings. The molecule has 0 bridgehead atoms. The lowest BCUT2D eigenvalue weighted by atomic mass is 9.77. The summed E-state index contributed by atoms with van der Waals surface area (Å²) in [5.74, 6) is 0. The van der Waals surface area contributed by atoms with Crippen LogP contribution in [-0.2, 0) is 5.41 Å². The third kappa shape index (κ3) is 2.04. The second kappa shape index (κ2) is 4.74. The summed E-state index contributed by atoms with van der Waals surface area (Å²) in [6.07, 6.45) is -1.19. The summed E-state index contributed by atoms with van der Waals surface area (Å²) in [7, 11) is 0. The minimum Gasteiger partial charge on any atom is -0.368 e. The van der Waals surface area contributed by atoms with Crippen LogP contribution < -0.4 is 0 Å². The second-order valence-electron chi connectivity index (χ2n) is 5.40. The van der Waals surface area contributed by atoms with Gasteiger partial charge in [-0.05, 0) is 46.5 Å². The van der Waals surface area contributed by atoms with Crippen LogP contribution in [0.15, 0.2) is 36.4 Å². The van der Waals surface area contributed by atoms with Crippen molar-refractivity contribution in [1.29, 1.82) is 0 Å². The lowest BCUT2D eigenvalue weighted by Gasteiger charge is -2.28. The molecule has 0 fully saturated rings. The van der Waals surface area contributed by atoms with Crippen molar-refractivity contribution in [3.63, 3.8) is 0 Å². The lowest BCUT2D eigenvalue weighted by Crippen LogP contribution is -2.27. The van der Waals surface area contributed by atoms with Gasteiger partial charge in [0.05, 0.1) is 0 Å². The highest BCUT2D eigenvalue weighted by atomic mass is 35.5. The maximum Gasteiger partial charge on any atom is 0.152 e. The van der Waals surface area contributed by atoms with Crippen molar-refractivity contribution in [3.05, 3.63) is 57.6 Å². The van der Waals surface area contributed by atoms with Gasteiger partial charge in [-0.1, -0.05) is 42.3 Å². The summed E-state index contributed by atoms with van der Waals surface area (Å²) in [6.45, 7) is 1.99. The van der Waals surface area contributed by atoms with Gasteiger partial charge in [-0.25, -0.2) is 0 Å². The molecule has 20 heavy (non-hydrogen) atoms. The first-order chi connectivity index (χ1) is 9.41. The average molecular weight is 309 g/mol. The fourth-order valence-corrected chi connectivity index (χ4v) is 3.49. The van der Waals surface area contributed by atoms with E-state index in [-0.39, 0.29) is 6.42 Å². The molecule has 0 saturated carbocycles. The van der Waals surface area contributed by atoms with Gasteiger partial charge in [0.25, 0.3) is 0 Å². The van der Waals surface area contributed by atoms with Crippen LogP contribution in [0.2, 0.25) is 10.0 Å². The van der Waals surface area contributed by atoms with E-state index in [0.717, 1.165) is 22.3 Å². The number of rotatable bonds is 2. The first-order valence-corrected chi connectivity index (χ1v) is 7.14. The fourth-order valence-electron chi connectivity index (χ4n) is 3.15. The van der Waals surface area contributed by atoms with Crippen molar-refractivity contribution in [2.75, 3.05) is 0 Å². The molecule has 0 aliphatic heterocycles. The summed E-state index contributed by atoms with van der Waals surface area (Å²) in [4.78, 5) is 0. The van der Waals surface area contributed by atoms with Crippen molar-refractivity contribution in [3.8, 4) is 11.1 Å². The van der Waals surface area contributed by atoms with Gasteiger partial charge in [-0.15, -0.1) is 0 Å². The van der Waals surface area contributed by atoms with Gasteiger partial charge in [0, 0.05) is 21.9 Å². The van der Waals surface area contributed by atoms with Crippen LogP contribution in [0.4, 0.5) is 0 Å². The molecule has 2 aromatic carbocycles. The fraction of sp³-hybridized carbons (Fsp3) is 0.250. The Labute approximate surface area is 127 Å². The van der Waals surface area contributed by atoms with E-state index in [9.17, 15) is 10.2 Å². The molecule has 104 valence electrons. The Kier molecular flexibility index (Phi) is 3.30. The van der Waals surface area contributed by atoms with E-state index in [1.54, 1.807) is 0 Å². The van der Waals surface area contributed by atoms with Crippen molar-refractivity contribution in [1.82, 2.24) is 0 Å². The molecule has 1 aliphatic carbocycles. The Morgan fingerprint density at radius 1 is 0.950 bits per heavy atom. The summed E-state index contributed by atoms with van der Waals surface area (Å²) in [5.41, 5.74) is 3.66. The number of aliphatic hydroxyl groups is 2. The molecule has 4 heteroatoms. The largest absolute Gasteiger partial charge is 0.368 e. The first kappa shape index (κ1) is 13.9. The van der Waals surface area contributed by atoms with E-state index >= 15 is 0 Å². The van der Waals surface area contributed by atoms with Gasteiger partial charge in [0.15, 0.2) is 6.29 Å². The Bertz CT molecular complexity index is 629. The topological polar surface area (TPSA) is 40.5 Å². The van der Waals surface area contributed by atoms with Crippen LogP contribution in [0.5, 0.6) is 0 Å². The molecule has 0 radical (unpaired) electrons. The van der Waals surface area contributed by atoms with Gasteiger partial charge in [-0.2, -0.15) is 0 Å². The number of benzene rings is 2. The molecule has 0 unspecified atom stereocenters. The predicted octanol–water partition coefficient (Wildman–Crippen LogP) is 3.98. The van der Waals surface area contributed by atoms with Crippen LogP contribution in [0.3, 0.4) is 0 Å². The third-order valence-electron chi connectivity index (χ3n) is 4.03. The Balaban J connectivity index is 2.29. The molecule has 0 spiro atoms. The molecule has 0 atom stereocenters. The molecule has 0 amide bonds. The van der Waals surface area contributed by atoms with Gasteiger partial charge < -0.3 is 10.2 Å². The van der Waals surface area contributed by atoms with Crippen LogP contribution in [0, 0.1) is 0 Å². The van der Waals surface area contributed by atoms with Gasteiger partial charge in [-0.3, -0.25) is 0 Å². The van der Waals surface area contributed by atoms with E-state index in [2.05, 4.69) is 0 Å². The average Bonchev–Trinajstić information content (AvgIpc) is 2.59. The second-order valence-corrected chi connectivity index (χ2v) is 6.27. The summed E-state index contributed by atoms with van der Waals surface area (Å²) in [5, 5.41) is 20.2. The summed E-state index contributed by atoms with van der Waals surface area (Å²) >= 11 is 12.2. The smallest absolute Gasteiger partial charge is 0.152 e. The molecule has 2 nitrogen and oxygen atoms in total. The third-order valence-corrected chi connectivity index (χ3v) is 4.50. The molecule has 0 aromatic heterocycles. The zero-order chi connectivity index (χ0) is 14.5. The lowest BCUT2D eigenvalue weighted by molar-refractivity contribution is -0.0551. The van der Waals surface area contributed by atoms with Crippen molar-refractivity contribution < 1.29 is 10.2 Å². The number of aliphatic hydroxyl groups excluding tert-OH is 1. The molecular formula is C16H14Cl2O2. The van der Waals surface area contributed by atoms with Gasteiger partial charge >= 0.3 is 0 Å². The zero-order valence-corrected chi connectivity index (χ0v) is 12.4. The summed E-state index contributed by atoms with van der Waals surface area (Å²) in [6, 6.07) is 11.4. The predicted molar refractivity (Wildman–Crippen MR) is 81.2 cm³/mol. The molecular weight excluding hydrogens is 295 g/mol. The highest BCUT2D eigenvalue weighted by molar-refractivity contribution is 6.31. The number of halogens is 2. The van der Waals surface area contributed by atoms with Crippen molar-refractivity contribution in [2.45, 2.75) is 25.0 Å². The highest BCUT2D eigenvalue weighted by Crippen LogP contribution is 2.52. The van der Waals surface area contributed by atoms with Crippen molar-refractivity contribution >= 4 is 23.2 Å². The van der Waals surface area contributed by atoms with E-state index < -0.39 is 11.7 Å². The summed E-state index contributed by atoms with van der Waals surface area (Å²) < 4.78 is 0. The standard InChI is InChI=1S/C16H14Cl2O2/c1-16(8-15(19)20)13-6-9(17)2-4-11(13)12-5-3-10(18)7-14(12)16/h2-7,15,19-20H,8H2,1H3. The van der Waals surface area contributed by atoms with Crippen molar-refractivity contribution in [2.24, 2.45) is 0 Å². The highest BCUT2D eigenvalue weighted by Gasteiger charge is 2.40. The Morgan fingerprint density at radius 2 is 1.40 bits per heavy atom. The van der Waals surface area contributed by atoms with E-state index in [4.69, 9.17) is 23.2 Å². The first-order valence-electron chi connectivity index (χ1n) is 6.38. The maximum absolute atomic E-state index is 9.46. The van der Waals surface area contributed by atoms with Gasteiger partial charge in [0.2, 0.25) is 0 Å². The maximum atomic E-state index is 9.46. The Morgan fingerprint density at radius 3 is 1.80 bits per heavy atom. The minimum atomic E-state index is -1.39. The van der Waals surface area contributed by atoms with E-state index in [0.29, 0.717) is 10.0 Å². The zero-order valence-electron chi connectivity index (χ0n) is 10.9. The number of hydrogen-bond acceptors (Lipinski definition) is 2. The van der Waals surface area contributed by atoms with Gasteiger partial charge in [0.1, 0.15) is 0 Å². The minimum absolute atomic E-state index is 0.202. The quantitative estimate of drug-likeness (QED) is 0.824. The normalized spacial score (nSPS) is 15.3. The number of fused-ring (bicyclic) bond motifs is 3. The SMILES string of the molecule is CC1(CC(O)O)c2cc(Cl)ccc2-c2ccc(Cl)cc21. The molecule has 3 rings (SSSR count). The van der Waals surface area contributed by atoms with Crippen LogP contribution >= 0.6 is 23.2 Å². The van der Waals surface area contributed by atoms with Crippen LogP contribution in [-0.4, -0.2) is 16.5 Å². The molecule has 1 aliphatic rings. The van der Waals surface area contributed by atoms with Crippen LogP contribution in [0.25, 0.3) is 11.1 Å². The molecule has 2 N–H and O–H groups in total. The monoisotopic (exact) mass is 308 g/mol. The van der Waals surface area contributed by atoms with Crippen LogP contribution in [0.1, 0.15) is 24.5 Å². The Hall–Kier alpha value is -1.06. The molecule has 0 saturated heterocycles. The number of hydrogen-bond donors (Lipinski definition) is 2. The molecule has 0 heterocycles. The van der Waals surface area contributed by atoms with E-state index in [1.807, 2.05) is 43.3 Å².